The molecule has 2 saturated carbocycles. The first-order valence-electron chi connectivity index (χ1n) is 18.2. The molecule has 16 heteroatoms. The number of anilines is 1. The largest absolute Gasteiger partial charge is 0.476 e. The molecular formula is C38H45Cl2F5N4O5. The molecule has 9 nitrogen and oxygen atoms in total. The predicted octanol–water partition coefficient (Wildman–Crippen LogP) is 7.93. The monoisotopic (exact) mass is 802 g/mol. The van der Waals surface area contributed by atoms with E-state index in [2.05, 4.69) is 0 Å². The van der Waals surface area contributed by atoms with E-state index in [1.165, 1.54) is 18.7 Å². The molecule has 4 amide bonds. The Morgan fingerprint density at radius 3 is 2.20 bits per heavy atom. The van der Waals surface area contributed by atoms with E-state index in [0.717, 1.165) is 35.8 Å². The number of ether oxygens (including phenoxy) is 1. The molecule has 0 spiro atoms. The van der Waals surface area contributed by atoms with Crippen LogP contribution in [-0.4, -0.2) is 83.2 Å². The molecule has 296 valence electrons. The molecule has 0 atom stereocenters. The second kappa shape index (κ2) is 16.6. The molecule has 2 aliphatic carbocycles. The first-order valence-corrected chi connectivity index (χ1v) is 18.9. The summed E-state index contributed by atoms with van der Waals surface area (Å²) in [6, 6.07) is 6.19. The molecule has 2 fully saturated rings. The molecule has 0 saturated heterocycles. The van der Waals surface area contributed by atoms with Crippen LogP contribution < -0.4 is 15.0 Å². The summed E-state index contributed by atoms with van der Waals surface area (Å²) < 4.78 is 75.1. The van der Waals surface area contributed by atoms with E-state index in [0.29, 0.717) is 48.3 Å². The third-order valence-electron chi connectivity index (χ3n) is 10.3. The first-order chi connectivity index (χ1) is 25.3. The summed E-state index contributed by atoms with van der Waals surface area (Å²) in [7, 11) is 0. The van der Waals surface area contributed by atoms with Crippen molar-refractivity contribution in [1.82, 2.24) is 15.1 Å². The van der Waals surface area contributed by atoms with Gasteiger partial charge in [0.2, 0.25) is 5.91 Å². The molecule has 1 aliphatic heterocycles. The summed E-state index contributed by atoms with van der Waals surface area (Å²) in [5.41, 5.74) is -2.88. The van der Waals surface area contributed by atoms with Crippen LogP contribution >= 0.6 is 23.2 Å². The van der Waals surface area contributed by atoms with Gasteiger partial charge in [0.05, 0.1) is 33.3 Å². The topological polar surface area (TPSA) is 99.3 Å². The number of rotatable bonds is 13. The van der Waals surface area contributed by atoms with E-state index < -0.39 is 59.6 Å². The quantitative estimate of drug-likeness (QED) is 0.208. The Balaban J connectivity index is 1.30. The average molecular weight is 804 g/mol. The van der Waals surface area contributed by atoms with Crippen molar-refractivity contribution in [2.45, 2.75) is 115 Å². The number of carbonyl (C=O) groups excluding carboxylic acids is 4. The molecule has 54 heavy (non-hydrogen) atoms. The highest BCUT2D eigenvalue weighted by molar-refractivity contribution is 6.42. The lowest BCUT2D eigenvalue weighted by Crippen LogP contribution is -2.54. The van der Waals surface area contributed by atoms with Gasteiger partial charge >= 0.3 is 12.6 Å². The third-order valence-corrected chi connectivity index (χ3v) is 11.0. The van der Waals surface area contributed by atoms with Crippen LogP contribution in [0.5, 0.6) is 5.75 Å². The highest BCUT2D eigenvalue weighted by Gasteiger charge is 2.45. The van der Waals surface area contributed by atoms with E-state index in [4.69, 9.17) is 27.9 Å². The maximum absolute atomic E-state index is 14.6. The van der Waals surface area contributed by atoms with Gasteiger partial charge in [0.1, 0.15) is 5.75 Å². The Bertz CT molecular complexity index is 1740. The van der Waals surface area contributed by atoms with Crippen molar-refractivity contribution in [1.29, 1.82) is 0 Å². The molecule has 2 aromatic carbocycles. The summed E-state index contributed by atoms with van der Waals surface area (Å²) in [6.07, 6.45) is -2.88. The summed E-state index contributed by atoms with van der Waals surface area (Å²) in [6.45, 7) is 5.98. The molecule has 0 aromatic heterocycles. The van der Waals surface area contributed by atoms with Crippen molar-refractivity contribution in [3.63, 3.8) is 0 Å². The number of fused-ring (bicyclic) bond motifs is 1. The minimum absolute atomic E-state index is 0.0128. The number of amides is 4. The van der Waals surface area contributed by atoms with Crippen LogP contribution in [0.2, 0.25) is 10.0 Å². The lowest BCUT2D eigenvalue weighted by atomic mass is 9.82. The van der Waals surface area contributed by atoms with E-state index in [1.54, 1.807) is 32.0 Å². The summed E-state index contributed by atoms with van der Waals surface area (Å²) in [5, 5.41) is 2.80. The Hall–Kier alpha value is -3.65. The molecule has 0 radical (unpaired) electrons. The Kier molecular flexibility index (Phi) is 12.8. The maximum atomic E-state index is 14.6. The highest BCUT2D eigenvalue weighted by Crippen LogP contribution is 2.45. The fraction of sp³-hybridized carbons (Fsp3) is 0.579. The van der Waals surface area contributed by atoms with Crippen molar-refractivity contribution >= 4 is 52.5 Å². The van der Waals surface area contributed by atoms with Crippen molar-refractivity contribution in [2.75, 3.05) is 24.5 Å². The average Bonchev–Trinajstić information content (AvgIpc) is 3.93. The van der Waals surface area contributed by atoms with Gasteiger partial charge in [-0.3, -0.25) is 19.2 Å². The molecule has 1 N–H and O–H groups in total. The smallest absolute Gasteiger partial charge is 0.417 e. The van der Waals surface area contributed by atoms with Gasteiger partial charge in [0.15, 0.2) is 5.60 Å². The summed E-state index contributed by atoms with van der Waals surface area (Å²) >= 11 is 12.2. The minimum atomic E-state index is -4.96. The molecule has 5 rings (SSSR count). The van der Waals surface area contributed by atoms with Crippen molar-refractivity contribution < 1.29 is 45.9 Å². The molecular weight excluding hydrogens is 758 g/mol. The standard InChI is InChI=1S/C38H45Cl2F5N4O5/c1-21(2)49(25-8-5-22(6-9-25)13-15-47(24-10-11-24)32(50)18-23-7-12-28(39)29(40)17-23)35(52)26-19-30-31(20-27(26)38(43,44)45)54-37(3,4)36(53)48(30)16-14-46-34(51)33(41)42/h7,12,17,19-22,24-25,33H,5-6,8-11,13-16,18H2,1-4H3,(H,46,51)/t22-,25+. The number of nitrogens with zero attached hydrogens (tertiary/aromatic N) is 3. The van der Waals surface area contributed by atoms with Crippen LogP contribution in [-0.2, 0) is 27.0 Å². The van der Waals surface area contributed by atoms with Gasteiger partial charge < -0.3 is 24.8 Å². The van der Waals surface area contributed by atoms with Crippen LogP contribution in [0.15, 0.2) is 30.3 Å². The zero-order valence-corrected chi connectivity index (χ0v) is 32.1. The first kappa shape index (κ1) is 41.5. The van der Waals surface area contributed by atoms with Crippen LogP contribution in [0.3, 0.4) is 0 Å². The number of halogens is 7. The number of hydrogen-bond acceptors (Lipinski definition) is 5. The van der Waals surface area contributed by atoms with E-state index in [9.17, 15) is 41.1 Å². The Morgan fingerprint density at radius 2 is 1.63 bits per heavy atom. The van der Waals surface area contributed by atoms with Crippen LogP contribution in [0.1, 0.15) is 94.1 Å². The lowest BCUT2D eigenvalue weighted by Gasteiger charge is -2.41. The van der Waals surface area contributed by atoms with Crippen LogP contribution in [0, 0.1) is 5.92 Å². The van der Waals surface area contributed by atoms with Crippen molar-refractivity contribution in [3.8, 4) is 5.75 Å². The van der Waals surface area contributed by atoms with Gasteiger partial charge in [-0.15, -0.1) is 0 Å². The SMILES string of the molecule is CC(C)N(C(=O)c1cc2c(cc1C(F)(F)F)OC(C)(C)C(=O)N2CCNC(=O)C(F)F)[C@H]1CC[C@@H](CCN(C(=O)Cc2ccc(Cl)c(Cl)c2)C2CC2)CC1. The maximum Gasteiger partial charge on any atom is 0.417 e. The van der Waals surface area contributed by atoms with E-state index >= 15 is 0 Å². The second-order valence-electron chi connectivity index (χ2n) is 15.0. The van der Waals surface area contributed by atoms with Crippen LogP contribution in [0.25, 0.3) is 0 Å². The van der Waals surface area contributed by atoms with E-state index in [-0.39, 0.29) is 48.3 Å². The van der Waals surface area contributed by atoms with Gasteiger partial charge in [-0.25, -0.2) is 0 Å². The van der Waals surface area contributed by atoms with Gasteiger partial charge in [0, 0.05) is 37.8 Å². The molecule has 0 unspecified atom stereocenters. The fourth-order valence-corrected chi connectivity index (χ4v) is 7.75. The van der Waals surface area contributed by atoms with Crippen LogP contribution in [0.4, 0.5) is 27.6 Å². The fourth-order valence-electron chi connectivity index (χ4n) is 7.43. The number of alkyl halides is 5. The summed E-state index contributed by atoms with van der Waals surface area (Å²) in [5.74, 6) is -3.15. The normalized spacial score (nSPS) is 19.7. The Labute approximate surface area is 321 Å². The van der Waals surface area contributed by atoms with E-state index in [1.807, 2.05) is 10.2 Å². The Morgan fingerprint density at radius 1 is 0.981 bits per heavy atom. The second-order valence-corrected chi connectivity index (χ2v) is 15.9. The number of benzene rings is 2. The zero-order chi connectivity index (χ0) is 39.7. The third kappa shape index (κ3) is 9.58. The molecule has 1 heterocycles. The van der Waals surface area contributed by atoms with Gasteiger partial charge in [-0.05, 0) is 108 Å². The molecule has 2 aromatic rings. The minimum Gasteiger partial charge on any atom is -0.476 e. The highest BCUT2D eigenvalue weighted by atomic mass is 35.5. The van der Waals surface area contributed by atoms with Gasteiger partial charge in [-0.1, -0.05) is 29.3 Å². The van der Waals surface area contributed by atoms with Gasteiger partial charge in [0.25, 0.3) is 17.7 Å². The number of carbonyl (C=O) groups is 4. The van der Waals surface area contributed by atoms with Crippen molar-refractivity contribution in [2.24, 2.45) is 5.92 Å². The zero-order valence-electron chi connectivity index (χ0n) is 30.6. The molecule has 0 bridgehead atoms. The van der Waals surface area contributed by atoms with Gasteiger partial charge in [-0.2, -0.15) is 22.0 Å². The lowest BCUT2D eigenvalue weighted by molar-refractivity contribution is -0.138. The number of nitrogens with one attached hydrogen (secondary N) is 1. The predicted molar refractivity (Wildman–Crippen MR) is 194 cm³/mol. The molecule has 3 aliphatic rings. The summed E-state index contributed by atoms with van der Waals surface area (Å²) in [4.78, 5) is 56.8. The number of hydrogen-bond donors (Lipinski definition) is 1. The van der Waals surface area contributed by atoms with Crippen molar-refractivity contribution in [3.05, 3.63) is 57.1 Å².